The minimum atomic E-state index is -0.185. The first kappa shape index (κ1) is 18.1. The number of anilines is 2. The third kappa shape index (κ3) is 3.59. The smallest absolute Gasteiger partial charge is 0.151 e. The van der Waals surface area contributed by atoms with Crippen LogP contribution in [0.15, 0.2) is 42.9 Å². The summed E-state index contributed by atoms with van der Waals surface area (Å²) in [5.74, 6) is 1.26. The average Bonchev–Trinajstić information content (AvgIpc) is 3.06. The lowest BCUT2D eigenvalue weighted by Gasteiger charge is -2.08. The molecule has 3 heterocycles. The largest absolute Gasteiger partial charge is 0.324 e. The Morgan fingerprint density at radius 2 is 1.89 bits per heavy atom. The zero-order valence-electron chi connectivity index (χ0n) is 14.1. The third-order valence-corrected chi connectivity index (χ3v) is 5.61. The van der Waals surface area contributed by atoms with Gasteiger partial charge < -0.3 is 11.1 Å². The molecule has 4 aromatic rings. The van der Waals surface area contributed by atoms with Gasteiger partial charge in [-0.05, 0) is 25.1 Å². The van der Waals surface area contributed by atoms with Crippen molar-refractivity contribution >= 4 is 56.4 Å². The summed E-state index contributed by atoms with van der Waals surface area (Å²) in [4.78, 5) is 17.5. The molecule has 0 fully saturated rings. The van der Waals surface area contributed by atoms with Gasteiger partial charge in [-0.3, -0.25) is 0 Å². The molecular formula is C18H14Cl2N6S. The zero-order chi connectivity index (χ0) is 19.0. The minimum Gasteiger partial charge on any atom is -0.324 e. The van der Waals surface area contributed by atoms with E-state index in [9.17, 15) is 0 Å². The van der Waals surface area contributed by atoms with E-state index in [2.05, 4.69) is 25.3 Å². The Morgan fingerprint density at radius 1 is 1.11 bits per heavy atom. The first-order valence-electron chi connectivity index (χ1n) is 8.07. The maximum absolute atomic E-state index is 6.33. The molecule has 0 radical (unpaired) electrons. The van der Waals surface area contributed by atoms with Gasteiger partial charge in [0.25, 0.3) is 0 Å². The standard InChI is InChI=1S/C18H14Cl2N6S/c1-9(21)13-7-14(24-8-23-13)26-17-16-12(5-6-22-17)25-18(27-16)15-10(19)3-2-4-11(15)20/h2-9H,21H2,1H3,(H,22,23,24,26). The summed E-state index contributed by atoms with van der Waals surface area (Å²) in [6.07, 6.45) is 3.17. The highest BCUT2D eigenvalue weighted by atomic mass is 35.5. The van der Waals surface area contributed by atoms with Gasteiger partial charge in [0, 0.05) is 23.9 Å². The molecule has 9 heteroatoms. The molecule has 27 heavy (non-hydrogen) atoms. The van der Waals surface area contributed by atoms with Crippen LogP contribution in [0.5, 0.6) is 0 Å². The molecule has 1 aromatic carbocycles. The molecule has 136 valence electrons. The normalized spacial score (nSPS) is 12.3. The molecular weight excluding hydrogens is 403 g/mol. The van der Waals surface area contributed by atoms with Gasteiger partial charge in [0.05, 0.1) is 26.0 Å². The van der Waals surface area contributed by atoms with Gasteiger partial charge in [-0.1, -0.05) is 29.3 Å². The summed E-state index contributed by atoms with van der Waals surface area (Å²) in [6, 6.07) is 8.86. The predicted molar refractivity (Wildman–Crippen MR) is 111 cm³/mol. The van der Waals surface area contributed by atoms with Gasteiger partial charge in [-0.2, -0.15) is 0 Å². The van der Waals surface area contributed by atoms with Crippen LogP contribution in [0.25, 0.3) is 20.8 Å². The van der Waals surface area contributed by atoms with E-state index in [1.165, 1.54) is 17.7 Å². The van der Waals surface area contributed by atoms with Gasteiger partial charge in [0.2, 0.25) is 0 Å². The van der Waals surface area contributed by atoms with Crippen molar-refractivity contribution < 1.29 is 0 Å². The van der Waals surface area contributed by atoms with Crippen LogP contribution in [-0.4, -0.2) is 19.9 Å². The second-order valence-electron chi connectivity index (χ2n) is 5.87. The Kier molecular flexibility index (Phi) is 4.92. The first-order chi connectivity index (χ1) is 13.0. The van der Waals surface area contributed by atoms with E-state index in [0.29, 0.717) is 27.2 Å². The van der Waals surface area contributed by atoms with E-state index in [0.717, 1.165) is 20.9 Å². The summed E-state index contributed by atoms with van der Waals surface area (Å²) in [5.41, 5.74) is 8.15. The number of halogens is 2. The average molecular weight is 417 g/mol. The molecule has 0 aliphatic rings. The predicted octanol–water partition coefficient (Wildman–Crippen LogP) is 5.22. The van der Waals surface area contributed by atoms with Crippen molar-refractivity contribution in [1.82, 2.24) is 19.9 Å². The van der Waals surface area contributed by atoms with Crippen molar-refractivity contribution in [2.45, 2.75) is 13.0 Å². The van der Waals surface area contributed by atoms with E-state index in [1.807, 2.05) is 13.0 Å². The number of benzene rings is 1. The summed E-state index contributed by atoms with van der Waals surface area (Å²) < 4.78 is 0.879. The maximum Gasteiger partial charge on any atom is 0.151 e. The molecule has 3 aromatic heterocycles. The van der Waals surface area contributed by atoms with Crippen molar-refractivity contribution in [1.29, 1.82) is 0 Å². The molecule has 1 atom stereocenters. The highest BCUT2D eigenvalue weighted by Crippen LogP contribution is 2.40. The second-order valence-corrected chi connectivity index (χ2v) is 7.68. The van der Waals surface area contributed by atoms with Crippen molar-refractivity contribution in [2.24, 2.45) is 5.73 Å². The molecule has 0 bridgehead atoms. The highest BCUT2D eigenvalue weighted by molar-refractivity contribution is 7.22. The molecule has 0 aliphatic heterocycles. The maximum atomic E-state index is 6.33. The number of thiazole rings is 1. The van der Waals surface area contributed by atoms with E-state index >= 15 is 0 Å². The fourth-order valence-corrected chi connectivity index (χ4v) is 4.33. The number of fused-ring (bicyclic) bond motifs is 1. The number of rotatable bonds is 4. The molecule has 0 aliphatic carbocycles. The van der Waals surface area contributed by atoms with Crippen LogP contribution in [0, 0.1) is 0 Å². The third-order valence-electron chi connectivity index (χ3n) is 3.88. The van der Waals surface area contributed by atoms with E-state index in [4.69, 9.17) is 28.9 Å². The number of nitrogens with zero attached hydrogens (tertiary/aromatic N) is 4. The van der Waals surface area contributed by atoms with Crippen LogP contribution in [0.3, 0.4) is 0 Å². The van der Waals surface area contributed by atoms with Gasteiger partial charge in [0.1, 0.15) is 17.2 Å². The molecule has 0 amide bonds. The summed E-state index contributed by atoms with van der Waals surface area (Å²) in [5, 5.41) is 5.07. The summed E-state index contributed by atoms with van der Waals surface area (Å²) >= 11 is 14.1. The number of hydrogen-bond acceptors (Lipinski definition) is 7. The van der Waals surface area contributed by atoms with Crippen LogP contribution >= 0.6 is 34.5 Å². The fraction of sp³-hybridized carbons (Fsp3) is 0.111. The van der Waals surface area contributed by atoms with Gasteiger partial charge in [-0.15, -0.1) is 11.3 Å². The number of aromatic nitrogens is 4. The highest BCUT2D eigenvalue weighted by Gasteiger charge is 2.16. The van der Waals surface area contributed by atoms with Gasteiger partial charge in [-0.25, -0.2) is 19.9 Å². The molecule has 1 unspecified atom stereocenters. The van der Waals surface area contributed by atoms with Gasteiger partial charge >= 0.3 is 0 Å². The van der Waals surface area contributed by atoms with Crippen LogP contribution in [-0.2, 0) is 0 Å². The number of pyridine rings is 1. The Hall–Kier alpha value is -2.32. The molecule has 6 nitrogen and oxygen atoms in total. The minimum absolute atomic E-state index is 0.185. The van der Waals surface area contributed by atoms with Gasteiger partial charge in [0.15, 0.2) is 5.82 Å². The van der Waals surface area contributed by atoms with E-state index in [1.54, 1.807) is 30.5 Å². The Bertz CT molecular complexity index is 1110. The first-order valence-corrected chi connectivity index (χ1v) is 9.64. The molecule has 4 rings (SSSR count). The Balaban J connectivity index is 1.77. The summed E-state index contributed by atoms with van der Waals surface area (Å²) in [7, 11) is 0. The van der Waals surface area contributed by atoms with Crippen LogP contribution < -0.4 is 11.1 Å². The molecule has 0 saturated carbocycles. The fourth-order valence-electron chi connectivity index (χ4n) is 2.56. The van der Waals surface area contributed by atoms with Crippen molar-refractivity contribution in [3.8, 4) is 10.6 Å². The SMILES string of the molecule is CC(N)c1cc(Nc2nccc3nc(-c4c(Cl)cccc4Cl)sc23)ncn1. The number of hydrogen-bond donors (Lipinski definition) is 2. The van der Waals surface area contributed by atoms with E-state index in [-0.39, 0.29) is 6.04 Å². The number of nitrogens with one attached hydrogen (secondary N) is 1. The monoisotopic (exact) mass is 416 g/mol. The van der Waals surface area contributed by atoms with Crippen molar-refractivity contribution in [3.63, 3.8) is 0 Å². The lowest BCUT2D eigenvalue weighted by atomic mass is 10.2. The Morgan fingerprint density at radius 3 is 2.63 bits per heavy atom. The van der Waals surface area contributed by atoms with Crippen LogP contribution in [0.1, 0.15) is 18.7 Å². The topological polar surface area (TPSA) is 89.6 Å². The lowest BCUT2D eigenvalue weighted by molar-refractivity contribution is 0.775. The second kappa shape index (κ2) is 7.36. The lowest BCUT2D eigenvalue weighted by Crippen LogP contribution is -2.08. The molecule has 0 saturated heterocycles. The van der Waals surface area contributed by atoms with Crippen molar-refractivity contribution in [3.05, 3.63) is 58.6 Å². The molecule has 3 N–H and O–H groups in total. The van der Waals surface area contributed by atoms with Crippen LogP contribution in [0.4, 0.5) is 11.6 Å². The molecule has 0 spiro atoms. The Labute approximate surface area is 169 Å². The summed E-state index contributed by atoms with van der Waals surface area (Å²) in [6.45, 7) is 1.87. The number of nitrogens with two attached hydrogens (primary N) is 1. The van der Waals surface area contributed by atoms with E-state index < -0.39 is 0 Å². The quantitative estimate of drug-likeness (QED) is 0.473. The van der Waals surface area contributed by atoms with Crippen LogP contribution in [0.2, 0.25) is 10.0 Å². The zero-order valence-corrected chi connectivity index (χ0v) is 16.5. The van der Waals surface area contributed by atoms with Crippen molar-refractivity contribution in [2.75, 3.05) is 5.32 Å².